The average molecular weight is 281 g/mol. The normalized spacial score (nSPS) is 10.6. The fraction of sp³-hybridized carbons (Fsp3) is 0.200. The molecule has 1 N–H and O–H groups in total. The van der Waals surface area contributed by atoms with Crippen molar-refractivity contribution >= 4 is 0 Å². The minimum absolute atomic E-state index is 0.144. The van der Waals surface area contributed by atoms with E-state index in [2.05, 4.69) is 5.32 Å². The third kappa shape index (κ3) is 3.51. The molecule has 0 spiro atoms. The molecule has 0 aliphatic heterocycles. The number of hydrogen-bond acceptors (Lipinski definition) is 2. The predicted molar refractivity (Wildman–Crippen MR) is 70.2 cm³/mol. The van der Waals surface area contributed by atoms with E-state index in [1.165, 1.54) is 12.1 Å². The lowest BCUT2D eigenvalue weighted by Gasteiger charge is -2.09. The lowest BCUT2D eigenvalue weighted by atomic mass is 10.2. The van der Waals surface area contributed by atoms with Crippen LogP contribution in [0.2, 0.25) is 0 Å². The van der Waals surface area contributed by atoms with Gasteiger partial charge in [-0.1, -0.05) is 13.0 Å². The zero-order chi connectivity index (χ0) is 14.5. The van der Waals surface area contributed by atoms with Gasteiger partial charge in [-0.2, -0.15) is 0 Å². The molecule has 20 heavy (non-hydrogen) atoms. The summed E-state index contributed by atoms with van der Waals surface area (Å²) < 4.78 is 45.3. The number of rotatable bonds is 5. The van der Waals surface area contributed by atoms with Crippen molar-refractivity contribution in [3.63, 3.8) is 0 Å². The van der Waals surface area contributed by atoms with Gasteiger partial charge in [-0.25, -0.2) is 13.2 Å². The molecule has 0 bridgehead atoms. The molecule has 0 radical (unpaired) electrons. The van der Waals surface area contributed by atoms with Crippen molar-refractivity contribution in [2.45, 2.75) is 13.5 Å². The van der Waals surface area contributed by atoms with Crippen molar-refractivity contribution in [1.29, 1.82) is 0 Å². The number of hydrogen-bond donors (Lipinski definition) is 1. The number of benzene rings is 2. The quantitative estimate of drug-likeness (QED) is 0.894. The van der Waals surface area contributed by atoms with Crippen LogP contribution in [-0.4, -0.2) is 6.54 Å². The van der Waals surface area contributed by atoms with Crippen LogP contribution in [0.1, 0.15) is 12.5 Å². The Bertz CT molecular complexity index is 602. The van der Waals surface area contributed by atoms with Gasteiger partial charge < -0.3 is 10.1 Å². The third-order valence-corrected chi connectivity index (χ3v) is 2.69. The third-order valence-electron chi connectivity index (χ3n) is 2.69. The van der Waals surface area contributed by atoms with Crippen LogP contribution in [0.3, 0.4) is 0 Å². The zero-order valence-corrected chi connectivity index (χ0v) is 10.9. The van der Waals surface area contributed by atoms with Crippen LogP contribution < -0.4 is 10.1 Å². The number of ether oxygens (including phenoxy) is 1. The number of nitrogens with one attached hydrogen (secondary N) is 1. The lowest BCUT2D eigenvalue weighted by Crippen LogP contribution is -2.11. The smallest absolute Gasteiger partial charge is 0.166 e. The Balaban J connectivity index is 2.19. The first kappa shape index (κ1) is 14.4. The van der Waals surface area contributed by atoms with Crippen LogP contribution in [0.15, 0.2) is 36.4 Å². The molecule has 0 saturated carbocycles. The van der Waals surface area contributed by atoms with E-state index in [1.807, 2.05) is 6.92 Å². The minimum Gasteiger partial charge on any atom is -0.451 e. The van der Waals surface area contributed by atoms with E-state index >= 15 is 0 Å². The minimum atomic E-state index is -0.748. The van der Waals surface area contributed by atoms with Crippen LogP contribution >= 0.6 is 0 Å². The maximum Gasteiger partial charge on any atom is 0.166 e. The van der Waals surface area contributed by atoms with E-state index in [-0.39, 0.29) is 11.5 Å². The highest BCUT2D eigenvalue weighted by Crippen LogP contribution is 2.27. The van der Waals surface area contributed by atoms with Gasteiger partial charge in [0.1, 0.15) is 5.82 Å². The molecule has 0 aromatic heterocycles. The summed E-state index contributed by atoms with van der Waals surface area (Å²) in [6.07, 6.45) is 0. The van der Waals surface area contributed by atoms with Gasteiger partial charge in [0.25, 0.3) is 0 Å². The summed E-state index contributed by atoms with van der Waals surface area (Å²) in [7, 11) is 0. The molecule has 2 nitrogen and oxygen atoms in total. The highest BCUT2D eigenvalue weighted by Gasteiger charge is 2.10. The predicted octanol–water partition coefficient (Wildman–Crippen LogP) is 4.01. The summed E-state index contributed by atoms with van der Waals surface area (Å²) in [6.45, 7) is 3.25. The van der Waals surface area contributed by atoms with Crippen molar-refractivity contribution in [2.75, 3.05) is 6.54 Å². The number of halogens is 3. The van der Waals surface area contributed by atoms with Crippen LogP contribution in [0, 0.1) is 17.5 Å². The van der Waals surface area contributed by atoms with Gasteiger partial charge in [-0.15, -0.1) is 0 Å². The van der Waals surface area contributed by atoms with E-state index in [0.29, 0.717) is 6.54 Å². The second-order valence-corrected chi connectivity index (χ2v) is 4.22. The Labute approximate surface area is 115 Å². The van der Waals surface area contributed by atoms with Crippen LogP contribution in [-0.2, 0) is 6.54 Å². The molecule has 0 heterocycles. The summed E-state index contributed by atoms with van der Waals surface area (Å²) in [5.41, 5.74) is 0.747. The second-order valence-electron chi connectivity index (χ2n) is 4.22. The van der Waals surface area contributed by atoms with Crippen molar-refractivity contribution in [1.82, 2.24) is 5.32 Å². The largest absolute Gasteiger partial charge is 0.451 e. The van der Waals surface area contributed by atoms with Gasteiger partial charge in [0, 0.05) is 12.6 Å². The van der Waals surface area contributed by atoms with Gasteiger partial charge in [0.15, 0.2) is 23.1 Å². The molecule has 0 aliphatic carbocycles. The Morgan fingerprint density at radius 3 is 2.45 bits per heavy atom. The van der Waals surface area contributed by atoms with Crippen LogP contribution in [0.4, 0.5) is 13.2 Å². The van der Waals surface area contributed by atoms with E-state index in [4.69, 9.17) is 4.74 Å². The molecule has 2 rings (SSSR count). The highest BCUT2D eigenvalue weighted by molar-refractivity contribution is 5.35. The SMILES string of the molecule is CCNCc1ccc(Oc2cc(F)ccc2F)c(F)c1. The summed E-state index contributed by atoms with van der Waals surface area (Å²) in [5.74, 6) is -2.50. The van der Waals surface area contributed by atoms with Crippen molar-refractivity contribution in [2.24, 2.45) is 0 Å². The second kappa shape index (κ2) is 6.43. The standard InChI is InChI=1S/C15H14F3NO/c1-2-19-9-10-3-6-14(13(18)7-10)20-15-8-11(16)4-5-12(15)17/h3-8,19H,2,9H2,1H3. The van der Waals surface area contributed by atoms with E-state index in [0.717, 1.165) is 30.3 Å². The maximum atomic E-state index is 13.8. The Morgan fingerprint density at radius 2 is 1.75 bits per heavy atom. The summed E-state index contributed by atoms with van der Waals surface area (Å²) in [5, 5.41) is 3.06. The first-order chi connectivity index (χ1) is 9.60. The molecule has 0 atom stereocenters. The molecular weight excluding hydrogens is 267 g/mol. The van der Waals surface area contributed by atoms with E-state index in [9.17, 15) is 13.2 Å². The Morgan fingerprint density at radius 1 is 0.950 bits per heavy atom. The van der Waals surface area contributed by atoms with Gasteiger partial charge in [-0.05, 0) is 36.4 Å². The average Bonchev–Trinajstić information content (AvgIpc) is 2.43. The molecule has 106 valence electrons. The highest BCUT2D eigenvalue weighted by atomic mass is 19.1. The fourth-order valence-corrected chi connectivity index (χ4v) is 1.68. The van der Waals surface area contributed by atoms with Gasteiger partial charge in [-0.3, -0.25) is 0 Å². The molecule has 2 aromatic carbocycles. The zero-order valence-electron chi connectivity index (χ0n) is 10.9. The van der Waals surface area contributed by atoms with Gasteiger partial charge >= 0.3 is 0 Å². The molecule has 0 unspecified atom stereocenters. The maximum absolute atomic E-state index is 13.8. The summed E-state index contributed by atoms with van der Waals surface area (Å²) in [4.78, 5) is 0. The van der Waals surface area contributed by atoms with Crippen LogP contribution in [0.25, 0.3) is 0 Å². The molecule has 0 aliphatic rings. The van der Waals surface area contributed by atoms with Gasteiger partial charge in [0.05, 0.1) is 0 Å². The van der Waals surface area contributed by atoms with Gasteiger partial charge in [0.2, 0.25) is 0 Å². The lowest BCUT2D eigenvalue weighted by molar-refractivity contribution is 0.410. The van der Waals surface area contributed by atoms with E-state index < -0.39 is 17.5 Å². The molecule has 5 heteroatoms. The topological polar surface area (TPSA) is 21.3 Å². The monoisotopic (exact) mass is 281 g/mol. The molecule has 2 aromatic rings. The molecule has 0 saturated heterocycles. The Hall–Kier alpha value is -2.01. The van der Waals surface area contributed by atoms with Crippen molar-refractivity contribution in [3.05, 3.63) is 59.4 Å². The Kier molecular flexibility index (Phi) is 4.63. The van der Waals surface area contributed by atoms with E-state index in [1.54, 1.807) is 6.07 Å². The van der Waals surface area contributed by atoms with Crippen molar-refractivity contribution in [3.8, 4) is 11.5 Å². The molecule has 0 amide bonds. The first-order valence-corrected chi connectivity index (χ1v) is 6.22. The fourth-order valence-electron chi connectivity index (χ4n) is 1.68. The molecule has 0 fully saturated rings. The van der Waals surface area contributed by atoms with Crippen LogP contribution in [0.5, 0.6) is 11.5 Å². The summed E-state index contributed by atoms with van der Waals surface area (Å²) >= 11 is 0. The van der Waals surface area contributed by atoms with Crippen molar-refractivity contribution < 1.29 is 17.9 Å². The summed E-state index contributed by atoms with van der Waals surface area (Å²) in [6, 6.07) is 7.14. The molecular formula is C15H14F3NO. The first-order valence-electron chi connectivity index (χ1n) is 6.22.